The Hall–Kier alpha value is -2.58. The normalized spacial score (nSPS) is 11.4. The third-order valence-electron chi connectivity index (χ3n) is 4.65. The van der Waals surface area contributed by atoms with E-state index in [9.17, 15) is 13.2 Å². The third kappa shape index (κ3) is 5.61. The van der Waals surface area contributed by atoms with E-state index in [1.165, 1.54) is 29.6 Å². The molecule has 6 nitrogen and oxygen atoms in total. The van der Waals surface area contributed by atoms with Crippen LogP contribution in [0.5, 0.6) is 5.75 Å². The van der Waals surface area contributed by atoms with Crippen molar-refractivity contribution in [3.05, 3.63) is 87.9 Å². The topological polar surface area (TPSA) is 75.7 Å². The summed E-state index contributed by atoms with van der Waals surface area (Å²) in [5.41, 5.74) is 1.31. The van der Waals surface area contributed by atoms with Crippen LogP contribution >= 0.6 is 23.2 Å². The van der Waals surface area contributed by atoms with Crippen LogP contribution < -0.4 is 10.1 Å². The number of sulfonamides is 1. The maximum atomic E-state index is 12.9. The van der Waals surface area contributed by atoms with Gasteiger partial charge in [0.1, 0.15) is 5.75 Å². The van der Waals surface area contributed by atoms with Crippen molar-refractivity contribution in [2.45, 2.75) is 18.4 Å². The van der Waals surface area contributed by atoms with Crippen LogP contribution in [-0.4, -0.2) is 32.3 Å². The quantitative estimate of drug-likeness (QED) is 0.452. The van der Waals surface area contributed by atoms with E-state index in [1.807, 2.05) is 6.92 Å². The summed E-state index contributed by atoms with van der Waals surface area (Å²) in [6, 6.07) is 17.8. The summed E-state index contributed by atoms with van der Waals surface area (Å²) in [6.45, 7) is 2.25. The Morgan fingerprint density at radius 2 is 1.75 bits per heavy atom. The van der Waals surface area contributed by atoms with E-state index in [0.29, 0.717) is 39.2 Å². The lowest BCUT2D eigenvalue weighted by Crippen LogP contribution is -2.27. The van der Waals surface area contributed by atoms with Gasteiger partial charge in [0.2, 0.25) is 10.0 Å². The van der Waals surface area contributed by atoms with E-state index in [-0.39, 0.29) is 11.4 Å². The van der Waals surface area contributed by atoms with Crippen LogP contribution in [-0.2, 0) is 16.6 Å². The molecule has 32 heavy (non-hydrogen) atoms. The summed E-state index contributed by atoms with van der Waals surface area (Å²) in [4.78, 5) is 13.0. The van der Waals surface area contributed by atoms with Crippen molar-refractivity contribution >= 4 is 44.8 Å². The van der Waals surface area contributed by atoms with Crippen molar-refractivity contribution in [2.24, 2.45) is 0 Å². The zero-order chi connectivity index (χ0) is 23.3. The second-order valence-corrected chi connectivity index (χ2v) is 9.80. The predicted octanol–water partition coefficient (Wildman–Crippen LogP) is 5.47. The number of benzene rings is 3. The molecule has 0 radical (unpaired) electrons. The van der Waals surface area contributed by atoms with Crippen LogP contribution in [0.1, 0.15) is 22.8 Å². The largest absolute Gasteiger partial charge is 0.494 e. The molecule has 3 aromatic carbocycles. The number of rotatable bonds is 8. The van der Waals surface area contributed by atoms with Crippen LogP contribution in [0.2, 0.25) is 10.0 Å². The average molecular weight is 493 g/mol. The first kappa shape index (κ1) is 24.1. The lowest BCUT2D eigenvalue weighted by atomic mass is 10.1. The van der Waals surface area contributed by atoms with Gasteiger partial charge >= 0.3 is 0 Å². The lowest BCUT2D eigenvalue weighted by Gasteiger charge is -2.20. The van der Waals surface area contributed by atoms with E-state index < -0.39 is 15.9 Å². The molecular weight excluding hydrogens is 471 g/mol. The number of amides is 1. The number of nitrogens with zero attached hydrogens (tertiary/aromatic N) is 1. The third-order valence-corrected chi connectivity index (χ3v) is 7.01. The molecule has 0 aliphatic heterocycles. The molecular formula is C23H22Cl2N2O4S. The Morgan fingerprint density at radius 3 is 2.41 bits per heavy atom. The predicted molar refractivity (Wildman–Crippen MR) is 127 cm³/mol. The minimum absolute atomic E-state index is 0.0232. The van der Waals surface area contributed by atoms with Crippen molar-refractivity contribution in [1.29, 1.82) is 0 Å². The van der Waals surface area contributed by atoms with Gasteiger partial charge in [-0.3, -0.25) is 4.79 Å². The molecule has 0 aliphatic rings. The zero-order valence-corrected chi connectivity index (χ0v) is 19.8. The van der Waals surface area contributed by atoms with Gasteiger partial charge in [0.25, 0.3) is 5.91 Å². The first-order valence-electron chi connectivity index (χ1n) is 9.76. The second kappa shape index (κ2) is 10.4. The zero-order valence-electron chi connectivity index (χ0n) is 17.5. The van der Waals surface area contributed by atoms with Crippen LogP contribution in [0.4, 0.5) is 5.69 Å². The summed E-state index contributed by atoms with van der Waals surface area (Å²) < 4.78 is 32.7. The second-order valence-electron chi connectivity index (χ2n) is 6.91. The molecule has 0 unspecified atom stereocenters. The van der Waals surface area contributed by atoms with Gasteiger partial charge in [0.15, 0.2) is 0 Å². The Kier molecular flexibility index (Phi) is 7.79. The van der Waals surface area contributed by atoms with Gasteiger partial charge < -0.3 is 10.1 Å². The number of anilines is 1. The Balaban J connectivity index is 1.88. The number of ether oxygens (including phenoxy) is 1. The molecule has 0 spiro atoms. The molecule has 0 saturated carbocycles. The molecule has 3 aromatic rings. The van der Waals surface area contributed by atoms with Crippen molar-refractivity contribution in [2.75, 3.05) is 19.0 Å². The first-order valence-corrected chi connectivity index (χ1v) is 12.0. The molecule has 0 bridgehead atoms. The summed E-state index contributed by atoms with van der Waals surface area (Å²) in [6.07, 6.45) is 0. The van der Waals surface area contributed by atoms with E-state index in [0.717, 1.165) is 0 Å². The van der Waals surface area contributed by atoms with Gasteiger partial charge in [-0.05, 0) is 55.5 Å². The SMILES string of the molecule is CCOc1ccc(C(=O)Nc2ccc(Cl)cc2Cl)cc1CN(C)S(=O)(=O)c1ccccc1. The summed E-state index contributed by atoms with van der Waals surface area (Å²) >= 11 is 12.0. The van der Waals surface area contributed by atoms with Crippen molar-refractivity contribution in [3.8, 4) is 5.75 Å². The van der Waals surface area contributed by atoms with Crippen molar-refractivity contribution in [1.82, 2.24) is 4.31 Å². The Labute approximate surface area is 197 Å². The van der Waals surface area contributed by atoms with Gasteiger partial charge in [-0.25, -0.2) is 8.42 Å². The maximum absolute atomic E-state index is 12.9. The Morgan fingerprint density at radius 1 is 1.03 bits per heavy atom. The van der Waals surface area contributed by atoms with Crippen LogP contribution in [0.15, 0.2) is 71.6 Å². The summed E-state index contributed by atoms with van der Waals surface area (Å²) in [5, 5.41) is 3.51. The molecule has 9 heteroatoms. The molecule has 0 saturated heterocycles. The minimum Gasteiger partial charge on any atom is -0.494 e. The number of nitrogens with one attached hydrogen (secondary N) is 1. The monoisotopic (exact) mass is 492 g/mol. The van der Waals surface area contributed by atoms with Gasteiger partial charge in [-0.15, -0.1) is 0 Å². The highest BCUT2D eigenvalue weighted by Gasteiger charge is 2.22. The lowest BCUT2D eigenvalue weighted by molar-refractivity contribution is 0.102. The number of halogens is 2. The molecule has 1 amide bonds. The summed E-state index contributed by atoms with van der Waals surface area (Å²) in [7, 11) is -2.23. The number of hydrogen-bond acceptors (Lipinski definition) is 4. The molecule has 3 rings (SSSR count). The standard InChI is InChI=1S/C23H22Cl2N2O4S/c1-3-31-22-12-9-16(23(28)26-21-11-10-18(24)14-20(21)25)13-17(22)15-27(2)32(29,30)19-7-5-4-6-8-19/h4-14H,3,15H2,1-2H3,(H,26,28). The number of carbonyl (C=O) groups is 1. The highest BCUT2D eigenvalue weighted by atomic mass is 35.5. The molecule has 0 fully saturated rings. The van der Waals surface area contributed by atoms with Crippen LogP contribution in [0.3, 0.4) is 0 Å². The van der Waals surface area contributed by atoms with Gasteiger partial charge in [0.05, 0.1) is 22.2 Å². The van der Waals surface area contributed by atoms with Crippen LogP contribution in [0.25, 0.3) is 0 Å². The Bertz CT molecular complexity index is 1220. The van der Waals surface area contributed by atoms with Gasteiger partial charge in [-0.2, -0.15) is 4.31 Å². The maximum Gasteiger partial charge on any atom is 0.255 e. The smallest absolute Gasteiger partial charge is 0.255 e. The average Bonchev–Trinajstić information content (AvgIpc) is 2.77. The molecule has 168 valence electrons. The fraction of sp³-hybridized carbons (Fsp3) is 0.174. The highest BCUT2D eigenvalue weighted by Crippen LogP contribution is 2.28. The van der Waals surface area contributed by atoms with E-state index in [2.05, 4.69) is 5.32 Å². The van der Waals surface area contributed by atoms with Crippen LogP contribution in [0, 0.1) is 0 Å². The highest BCUT2D eigenvalue weighted by molar-refractivity contribution is 7.89. The number of hydrogen-bond donors (Lipinski definition) is 1. The van der Waals surface area contributed by atoms with E-state index in [1.54, 1.807) is 48.5 Å². The van der Waals surface area contributed by atoms with Gasteiger partial charge in [0, 0.05) is 29.7 Å². The van der Waals surface area contributed by atoms with Gasteiger partial charge in [-0.1, -0.05) is 41.4 Å². The fourth-order valence-corrected chi connectivity index (χ4v) is 4.65. The van der Waals surface area contributed by atoms with E-state index >= 15 is 0 Å². The minimum atomic E-state index is -3.71. The molecule has 0 aromatic heterocycles. The number of carbonyl (C=O) groups excluding carboxylic acids is 1. The molecule has 0 heterocycles. The summed E-state index contributed by atoms with van der Waals surface area (Å²) in [5.74, 6) is 0.107. The van der Waals surface area contributed by atoms with Crippen molar-refractivity contribution < 1.29 is 17.9 Å². The molecule has 0 atom stereocenters. The first-order chi connectivity index (χ1) is 15.2. The van der Waals surface area contributed by atoms with Crippen molar-refractivity contribution in [3.63, 3.8) is 0 Å². The fourth-order valence-electron chi connectivity index (χ4n) is 3.02. The van der Waals surface area contributed by atoms with E-state index in [4.69, 9.17) is 27.9 Å². The molecule has 0 aliphatic carbocycles. The molecule has 1 N–H and O–H groups in total.